The van der Waals surface area contributed by atoms with Crippen LogP contribution in [0.15, 0.2) is 48.8 Å². The second-order valence-corrected chi connectivity index (χ2v) is 9.26. The average molecular weight is 472 g/mol. The number of hydrogen-bond donors (Lipinski definition) is 0. The molecule has 2 aliphatic heterocycles. The maximum Gasteiger partial charge on any atom is 0.219 e. The molecule has 6 rings (SSSR count). The van der Waals surface area contributed by atoms with Gasteiger partial charge in [-0.15, -0.1) is 0 Å². The van der Waals surface area contributed by atoms with E-state index in [9.17, 15) is 4.79 Å². The van der Waals surface area contributed by atoms with Crippen molar-refractivity contribution in [2.45, 2.75) is 38.8 Å². The Kier molecular flexibility index (Phi) is 5.53. The molecular formula is C27H29N5O3. The van der Waals surface area contributed by atoms with Crippen LogP contribution in [-0.2, 0) is 22.5 Å². The minimum Gasteiger partial charge on any atom is -0.497 e. The fourth-order valence-electron chi connectivity index (χ4n) is 5.26. The fraction of sp³-hybridized carbons (Fsp3) is 0.370. The number of benzene rings is 1. The second kappa shape index (κ2) is 8.85. The first-order valence-corrected chi connectivity index (χ1v) is 12.2. The zero-order valence-corrected chi connectivity index (χ0v) is 20.1. The number of rotatable bonds is 4. The molecule has 0 spiro atoms. The maximum atomic E-state index is 12.2. The van der Waals surface area contributed by atoms with Crippen LogP contribution in [0, 0.1) is 0 Å². The molecule has 0 saturated carbocycles. The van der Waals surface area contributed by atoms with Gasteiger partial charge in [-0.1, -0.05) is 0 Å². The van der Waals surface area contributed by atoms with Crippen molar-refractivity contribution in [3.8, 4) is 28.3 Å². The van der Waals surface area contributed by atoms with Crippen LogP contribution < -0.4 is 4.74 Å². The van der Waals surface area contributed by atoms with Gasteiger partial charge in [-0.25, -0.2) is 4.98 Å². The van der Waals surface area contributed by atoms with Crippen molar-refractivity contribution >= 4 is 11.6 Å². The quantitative estimate of drug-likeness (QED) is 0.448. The standard InChI is InChI=1S/C27H29N5O3/c1-18(33)30-13-9-25-23(16-30)26(29-32(25)20-10-14-35-15-11-20)22-4-3-12-31-17-24(28-27(22)31)19-5-7-21(34-2)8-6-19/h3-8,12,17,20H,9-11,13-16H2,1-2H3. The number of carbonyl (C=O) groups is 1. The number of nitrogens with zero attached hydrogens (tertiary/aromatic N) is 5. The first-order chi connectivity index (χ1) is 17.1. The van der Waals surface area contributed by atoms with Gasteiger partial charge < -0.3 is 18.8 Å². The Morgan fingerprint density at radius 1 is 1.14 bits per heavy atom. The summed E-state index contributed by atoms with van der Waals surface area (Å²) < 4.78 is 15.2. The smallest absolute Gasteiger partial charge is 0.219 e. The number of imidazole rings is 1. The monoisotopic (exact) mass is 471 g/mol. The Bertz CT molecular complexity index is 1380. The van der Waals surface area contributed by atoms with Gasteiger partial charge in [0, 0.05) is 74.4 Å². The van der Waals surface area contributed by atoms with E-state index in [1.807, 2.05) is 47.6 Å². The van der Waals surface area contributed by atoms with Crippen molar-refractivity contribution in [1.82, 2.24) is 24.1 Å². The molecule has 2 aliphatic rings. The highest BCUT2D eigenvalue weighted by Gasteiger charge is 2.31. The molecule has 0 bridgehead atoms. The third-order valence-electron chi connectivity index (χ3n) is 7.19. The van der Waals surface area contributed by atoms with E-state index in [2.05, 4.69) is 15.1 Å². The van der Waals surface area contributed by atoms with Crippen LogP contribution >= 0.6 is 0 Å². The highest BCUT2D eigenvalue weighted by Crippen LogP contribution is 2.36. The Labute approximate surface area is 204 Å². The van der Waals surface area contributed by atoms with Gasteiger partial charge in [0.05, 0.1) is 18.8 Å². The summed E-state index contributed by atoms with van der Waals surface area (Å²) >= 11 is 0. The molecule has 1 saturated heterocycles. The molecule has 180 valence electrons. The van der Waals surface area contributed by atoms with Crippen LogP contribution in [0.4, 0.5) is 0 Å². The Morgan fingerprint density at radius 2 is 1.94 bits per heavy atom. The molecule has 0 N–H and O–H groups in total. The van der Waals surface area contributed by atoms with Gasteiger partial charge in [-0.2, -0.15) is 5.10 Å². The SMILES string of the molecule is COc1ccc(-c2cn3cccc(-c4nn(C5CCOCC5)c5c4CN(C(C)=O)CC5)c3n2)cc1. The summed E-state index contributed by atoms with van der Waals surface area (Å²) in [4.78, 5) is 19.2. The molecule has 1 aromatic carbocycles. The van der Waals surface area contributed by atoms with Crippen molar-refractivity contribution in [3.05, 3.63) is 60.0 Å². The zero-order chi connectivity index (χ0) is 23.9. The normalized spacial score (nSPS) is 16.5. The fourth-order valence-corrected chi connectivity index (χ4v) is 5.26. The van der Waals surface area contributed by atoms with E-state index in [1.54, 1.807) is 14.0 Å². The Hall–Kier alpha value is -3.65. The molecule has 5 heterocycles. The number of aromatic nitrogens is 4. The maximum absolute atomic E-state index is 12.2. The first kappa shape index (κ1) is 21.9. The van der Waals surface area contributed by atoms with E-state index in [1.165, 1.54) is 5.69 Å². The van der Waals surface area contributed by atoms with E-state index in [-0.39, 0.29) is 5.91 Å². The lowest BCUT2D eigenvalue weighted by Crippen LogP contribution is -2.35. The second-order valence-electron chi connectivity index (χ2n) is 9.26. The van der Waals surface area contributed by atoms with Crippen molar-refractivity contribution in [3.63, 3.8) is 0 Å². The summed E-state index contributed by atoms with van der Waals surface area (Å²) in [6, 6.07) is 12.4. The van der Waals surface area contributed by atoms with Gasteiger partial charge in [0.25, 0.3) is 0 Å². The highest BCUT2D eigenvalue weighted by molar-refractivity contribution is 5.81. The van der Waals surface area contributed by atoms with Crippen LogP contribution in [0.3, 0.4) is 0 Å². The molecule has 1 amide bonds. The van der Waals surface area contributed by atoms with Crippen LogP contribution in [0.1, 0.15) is 37.1 Å². The number of ether oxygens (including phenoxy) is 2. The lowest BCUT2D eigenvalue weighted by Gasteiger charge is -2.29. The average Bonchev–Trinajstić information content (AvgIpc) is 3.51. The van der Waals surface area contributed by atoms with Crippen LogP contribution in [0.5, 0.6) is 5.75 Å². The molecule has 3 aromatic heterocycles. The van der Waals surface area contributed by atoms with Gasteiger partial charge >= 0.3 is 0 Å². The Balaban J connectivity index is 1.47. The number of fused-ring (bicyclic) bond motifs is 2. The van der Waals surface area contributed by atoms with E-state index < -0.39 is 0 Å². The lowest BCUT2D eigenvalue weighted by molar-refractivity contribution is -0.129. The van der Waals surface area contributed by atoms with E-state index in [0.29, 0.717) is 12.6 Å². The largest absolute Gasteiger partial charge is 0.497 e. The number of pyridine rings is 1. The predicted octanol–water partition coefficient (Wildman–Crippen LogP) is 4.13. The van der Waals surface area contributed by atoms with E-state index in [4.69, 9.17) is 19.6 Å². The summed E-state index contributed by atoms with van der Waals surface area (Å²) in [6.45, 7) is 4.47. The van der Waals surface area contributed by atoms with Crippen LogP contribution in [0.2, 0.25) is 0 Å². The van der Waals surface area contributed by atoms with Crippen LogP contribution in [-0.4, -0.2) is 56.8 Å². The molecule has 8 heteroatoms. The van der Waals surface area contributed by atoms with Crippen molar-refractivity contribution in [1.29, 1.82) is 0 Å². The highest BCUT2D eigenvalue weighted by atomic mass is 16.5. The number of methoxy groups -OCH3 is 1. The third kappa shape index (κ3) is 3.87. The number of hydrogen-bond acceptors (Lipinski definition) is 5. The minimum atomic E-state index is 0.0984. The molecule has 1 fully saturated rings. The van der Waals surface area contributed by atoms with Gasteiger partial charge in [-0.05, 0) is 49.2 Å². The lowest BCUT2D eigenvalue weighted by atomic mass is 10.0. The molecule has 35 heavy (non-hydrogen) atoms. The number of carbonyl (C=O) groups excluding carboxylic acids is 1. The molecular weight excluding hydrogens is 442 g/mol. The summed E-state index contributed by atoms with van der Waals surface area (Å²) in [5.74, 6) is 0.916. The molecule has 0 unspecified atom stereocenters. The van der Waals surface area contributed by atoms with E-state index in [0.717, 1.165) is 78.5 Å². The van der Waals surface area contributed by atoms with Gasteiger partial charge in [0.1, 0.15) is 17.1 Å². The molecule has 0 radical (unpaired) electrons. The summed E-state index contributed by atoms with van der Waals surface area (Å²) in [6.07, 6.45) is 6.79. The zero-order valence-electron chi connectivity index (χ0n) is 20.1. The Morgan fingerprint density at radius 3 is 2.69 bits per heavy atom. The molecule has 0 aliphatic carbocycles. The third-order valence-corrected chi connectivity index (χ3v) is 7.19. The van der Waals surface area contributed by atoms with Gasteiger partial charge in [0.2, 0.25) is 5.91 Å². The summed E-state index contributed by atoms with van der Waals surface area (Å²) in [5, 5.41) is 5.19. The van der Waals surface area contributed by atoms with Gasteiger partial charge in [-0.3, -0.25) is 9.48 Å². The van der Waals surface area contributed by atoms with E-state index >= 15 is 0 Å². The topological polar surface area (TPSA) is 73.9 Å². The van der Waals surface area contributed by atoms with Crippen molar-refractivity contribution in [2.75, 3.05) is 26.9 Å². The minimum absolute atomic E-state index is 0.0984. The van der Waals surface area contributed by atoms with Crippen molar-refractivity contribution < 1.29 is 14.3 Å². The molecule has 4 aromatic rings. The van der Waals surface area contributed by atoms with Crippen LogP contribution in [0.25, 0.3) is 28.2 Å². The van der Waals surface area contributed by atoms with Crippen molar-refractivity contribution in [2.24, 2.45) is 0 Å². The first-order valence-electron chi connectivity index (χ1n) is 12.2. The number of amides is 1. The summed E-state index contributed by atoms with van der Waals surface area (Å²) in [5.41, 5.74) is 7.07. The predicted molar refractivity (Wildman–Crippen MR) is 132 cm³/mol. The summed E-state index contributed by atoms with van der Waals surface area (Å²) in [7, 11) is 1.67. The molecule has 8 nitrogen and oxygen atoms in total. The van der Waals surface area contributed by atoms with Gasteiger partial charge in [0.15, 0.2) is 0 Å². The molecule has 0 atom stereocenters.